The van der Waals surface area contributed by atoms with Crippen LogP contribution in [0.2, 0.25) is 0 Å². The van der Waals surface area contributed by atoms with E-state index in [1.165, 1.54) is 38.4 Å². The average Bonchev–Trinajstić information content (AvgIpc) is 2.67. The second kappa shape index (κ2) is 8.79. The summed E-state index contributed by atoms with van der Waals surface area (Å²) in [5.74, 6) is 0.252. The minimum atomic E-state index is -3.74. The van der Waals surface area contributed by atoms with E-state index >= 15 is 0 Å². The van der Waals surface area contributed by atoms with Crippen molar-refractivity contribution >= 4 is 16.0 Å². The summed E-state index contributed by atoms with van der Waals surface area (Å²) < 4.78 is 35.2. The number of hydroxylamine groups is 1. The van der Waals surface area contributed by atoms with Crippen LogP contribution in [0.5, 0.6) is 5.75 Å². The molecule has 2 rings (SSSR count). The Balaban J connectivity index is 1.93. The van der Waals surface area contributed by atoms with Gasteiger partial charge >= 0.3 is 5.97 Å². The predicted octanol–water partition coefficient (Wildman–Crippen LogP) is 2.28. The first kappa shape index (κ1) is 19.9. The molecule has 0 bridgehead atoms. The third kappa shape index (κ3) is 4.81. The summed E-state index contributed by atoms with van der Waals surface area (Å²) in [6.07, 6.45) is 0.570. The second-order valence-corrected chi connectivity index (χ2v) is 7.29. The van der Waals surface area contributed by atoms with Gasteiger partial charge < -0.3 is 9.47 Å². The van der Waals surface area contributed by atoms with Gasteiger partial charge in [0.1, 0.15) is 5.75 Å². The maximum atomic E-state index is 12.1. The molecular weight excluding hydrogens is 358 g/mol. The SMILES string of the molecule is COc1ccc(CCOC(=O)c2ccc(S(=O)(=O)N(C)OC)cc2)cc1. The molecule has 0 unspecified atom stereocenters. The molecule has 7 nitrogen and oxygen atoms in total. The molecule has 8 heteroatoms. The maximum absolute atomic E-state index is 12.1. The summed E-state index contributed by atoms with van der Waals surface area (Å²) in [6, 6.07) is 13.0. The highest BCUT2D eigenvalue weighted by molar-refractivity contribution is 7.89. The number of ether oxygens (including phenoxy) is 2. The van der Waals surface area contributed by atoms with Gasteiger partial charge in [-0.05, 0) is 42.0 Å². The van der Waals surface area contributed by atoms with Gasteiger partial charge in [0.25, 0.3) is 10.0 Å². The summed E-state index contributed by atoms with van der Waals surface area (Å²) >= 11 is 0. The summed E-state index contributed by atoms with van der Waals surface area (Å²) in [6.45, 7) is 0.220. The van der Waals surface area contributed by atoms with Crippen LogP contribution in [0.4, 0.5) is 0 Å². The van der Waals surface area contributed by atoms with Gasteiger partial charge in [-0.15, -0.1) is 0 Å². The van der Waals surface area contributed by atoms with Crippen molar-refractivity contribution < 1.29 is 27.5 Å². The number of carbonyl (C=O) groups excluding carboxylic acids is 1. The van der Waals surface area contributed by atoms with Crippen molar-refractivity contribution in [2.75, 3.05) is 27.9 Å². The number of rotatable bonds is 8. The molecule has 140 valence electrons. The Labute approximate surface area is 153 Å². The monoisotopic (exact) mass is 379 g/mol. The molecule has 0 spiro atoms. The predicted molar refractivity (Wildman–Crippen MR) is 95.4 cm³/mol. The Kier molecular flexibility index (Phi) is 6.73. The van der Waals surface area contributed by atoms with E-state index in [4.69, 9.17) is 14.3 Å². The zero-order valence-corrected chi connectivity index (χ0v) is 15.7. The van der Waals surface area contributed by atoms with Crippen LogP contribution in [0.15, 0.2) is 53.4 Å². The topological polar surface area (TPSA) is 82.1 Å². The first-order valence-corrected chi connectivity index (χ1v) is 9.25. The number of hydrogen-bond acceptors (Lipinski definition) is 6. The lowest BCUT2D eigenvalue weighted by molar-refractivity contribution is -0.0258. The van der Waals surface area contributed by atoms with E-state index < -0.39 is 16.0 Å². The molecule has 0 aliphatic carbocycles. The molecule has 0 atom stereocenters. The van der Waals surface area contributed by atoms with Crippen LogP contribution in [-0.2, 0) is 26.0 Å². The molecular formula is C18H21NO6S. The smallest absolute Gasteiger partial charge is 0.338 e. The van der Waals surface area contributed by atoms with Gasteiger partial charge in [-0.2, -0.15) is 0 Å². The lowest BCUT2D eigenvalue weighted by Gasteiger charge is -2.14. The highest BCUT2D eigenvalue weighted by Gasteiger charge is 2.21. The quantitative estimate of drug-likeness (QED) is 0.517. The van der Waals surface area contributed by atoms with Crippen LogP contribution in [0.25, 0.3) is 0 Å². The number of esters is 1. The standard InChI is InChI=1S/C18H21NO6S/c1-19(24-3)26(21,22)17-10-6-15(7-11-17)18(20)25-13-12-14-4-8-16(23-2)9-5-14/h4-11H,12-13H2,1-3H3. The summed E-state index contributed by atoms with van der Waals surface area (Å²) in [7, 11) is 0.401. The van der Waals surface area contributed by atoms with Gasteiger partial charge in [-0.25, -0.2) is 13.2 Å². The van der Waals surface area contributed by atoms with Gasteiger partial charge in [0.15, 0.2) is 0 Å². The van der Waals surface area contributed by atoms with Crippen LogP contribution in [0.3, 0.4) is 0 Å². The molecule has 0 saturated carbocycles. The molecule has 26 heavy (non-hydrogen) atoms. The molecule has 0 radical (unpaired) electrons. The van der Waals surface area contributed by atoms with Crippen molar-refractivity contribution in [3.8, 4) is 5.75 Å². The molecule has 0 heterocycles. The average molecular weight is 379 g/mol. The second-order valence-electron chi connectivity index (χ2n) is 5.36. The van der Waals surface area contributed by atoms with Gasteiger partial charge in [0.05, 0.1) is 31.3 Å². The zero-order chi connectivity index (χ0) is 19.2. The van der Waals surface area contributed by atoms with Crippen molar-refractivity contribution in [1.82, 2.24) is 4.47 Å². The Hall–Kier alpha value is -2.42. The Morgan fingerprint density at radius 1 is 1.00 bits per heavy atom. The molecule has 0 saturated heterocycles. The number of nitrogens with zero attached hydrogens (tertiary/aromatic N) is 1. The van der Waals surface area contributed by atoms with Crippen LogP contribution in [-0.4, -0.2) is 46.7 Å². The fourth-order valence-electron chi connectivity index (χ4n) is 2.15. The third-order valence-corrected chi connectivity index (χ3v) is 5.46. The van der Waals surface area contributed by atoms with Crippen molar-refractivity contribution in [2.24, 2.45) is 0 Å². The molecule has 2 aromatic carbocycles. The van der Waals surface area contributed by atoms with Gasteiger partial charge in [-0.3, -0.25) is 4.84 Å². The van der Waals surface area contributed by atoms with Crippen molar-refractivity contribution in [1.29, 1.82) is 0 Å². The van der Waals surface area contributed by atoms with E-state index in [1.54, 1.807) is 7.11 Å². The van der Waals surface area contributed by atoms with E-state index in [2.05, 4.69) is 0 Å². The van der Waals surface area contributed by atoms with Crippen molar-refractivity contribution in [3.05, 3.63) is 59.7 Å². The largest absolute Gasteiger partial charge is 0.497 e. The Morgan fingerprint density at radius 2 is 1.62 bits per heavy atom. The molecule has 2 aromatic rings. The minimum absolute atomic E-state index is 0.0247. The Bertz CT molecular complexity index is 831. The highest BCUT2D eigenvalue weighted by atomic mass is 32.2. The van der Waals surface area contributed by atoms with E-state index in [0.29, 0.717) is 6.42 Å². The van der Waals surface area contributed by atoms with Crippen LogP contribution in [0, 0.1) is 0 Å². The molecule has 0 aliphatic rings. The summed E-state index contributed by atoms with van der Waals surface area (Å²) in [5, 5.41) is 0. The van der Waals surface area contributed by atoms with Crippen LogP contribution < -0.4 is 4.74 Å². The lowest BCUT2D eigenvalue weighted by atomic mass is 10.1. The minimum Gasteiger partial charge on any atom is -0.497 e. The first-order valence-electron chi connectivity index (χ1n) is 7.81. The fraction of sp³-hybridized carbons (Fsp3) is 0.278. The first-order chi connectivity index (χ1) is 12.4. The molecule has 0 N–H and O–H groups in total. The fourth-order valence-corrected chi connectivity index (χ4v) is 3.12. The van der Waals surface area contributed by atoms with E-state index in [-0.39, 0.29) is 17.1 Å². The number of sulfonamides is 1. The van der Waals surface area contributed by atoms with Crippen molar-refractivity contribution in [2.45, 2.75) is 11.3 Å². The lowest BCUT2D eigenvalue weighted by Crippen LogP contribution is -2.25. The third-order valence-electron chi connectivity index (χ3n) is 3.77. The van der Waals surface area contributed by atoms with Gasteiger partial charge in [0.2, 0.25) is 0 Å². The van der Waals surface area contributed by atoms with Crippen LogP contribution >= 0.6 is 0 Å². The highest BCUT2D eigenvalue weighted by Crippen LogP contribution is 2.16. The zero-order valence-electron chi connectivity index (χ0n) is 14.8. The number of hydrogen-bond donors (Lipinski definition) is 0. The summed E-state index contributed by atoms with van der Waals surface area (Å²) in [4.78, 5) is 16.8. The number of methoxy groups -OCH3 is 1. The maximum Gasteiger partial charge on any atom is 0.338 e. The number of carbonyl (C=O) groups is 1. The van der Waals surface area contributed by atoms with Crippen molar-refractivity contribution in [3.63, 3.8) is 0 Å². The van der Waals surface area contributed by atoms with Crippen LogP contribution in [0.1, 0.15) is 15.9 Å². The number of benzene rings is 2. The van der Waals surface area contributed by atoms with Gasteiger partial charge in [-0.1, -0.05) is 16.6 Å². The van der Waals surface area contributed by atoms with E-state index in [1.807, 2.05) is 24.3 Å². The Morgan fingerprint density at radius 3 is 2.15 bits per heavy atom. The molecule has 0 aromatic heterocycles. The van der Waals surface area contributed by atoms with Gasteiger partial charge in [0, 0.05) is 13.5 Å². The normalized spacial score (nSPS) is 11.4. The summed E-state index contributed by atoms with van der Waals surface area (Å²) in [5.41, 5.74) is 1.29. The van der Waals surface area contributed by atoms with E-state index in [9.17, 15) is 13.2 Å². The molecule has 0 aliphatic heterocycles. The van der Waals surface area contributed by atoms with E-state index in [0.717, 1.165) is 15.8 Å². The molecule has 0 amide bonds. The molecule has 0 fully saturated rings.